The number of aliphatic imine (C=N–C) groups is 2. The van der Waals surface area contributed by atoms with Crippen LogP contribution in [0.15, 0.2) is 81.5 Å². The fraction of sp³-hybridized carbons (Fsp3) is 0.250. The summed E-state index contributed by atoms with van der Waals surface area (Å²) in [5, 5.41) is 3.36. The Balaban J connectivity index is 0.000000299. The van der Waals surface area contributed by atoms with Gasteiger partial charge >= 0.3 is 0 Å². The van der Waals surface area contributed by atoms with E-state index in [1.807, 2.05) is 25.1 Å². The van der Waals surface area contributed by atoms with Crippen LogP contribution in [-0.4, -0.2) is 26.6 Å². The zero-order valence-corrected chi connectivity index (χ0v) is 16.9. The molecule has 0 bridgehead atoms. The van der Waals surface area contributed by atoms with E-state index >= 15 is 0 Å². The summed E-state index contributed by atoms with van der Waals surface area (Å²) < 4.78 is 1.10. The van der Waals surface area contributed by atoms with Gasteiger partial charge in [-0.1, -0.05) is 28.1 Å². The first-order chi connectivity index (χ1) is 13.1. The number of nitrogens with zero attached hydrogens (tertiary/aromatic N) is 5. The van der Waals surface area contributed by atoms with Gasteiger partial charge in [0.15, 0.2) is 0 Å². The maximum absolute atomic E-state index is 4.73. The molecule has 1 aliphatic heterocycles. The van der Waals surface area contributed by atoms with Crippen LogP contribution in [0.2, 0.25) is 0 Å². The smallest absolute Gasteiger partial charge is 0.137 e. The molecule has 0 fully saturated rings. The summed E-state index contributed by atoms with van der Waals surface area (Å²) in [6.45, 7) is 4.69. The second-order valence-electron chi connectivity index (χ2n) is 6.36. The third-order valence-electron chi connectivity index (χ3n) is 4.26. The predicted molar refractivity (Wildman–Crippen MR) is 111 cm³/mol. The molecule has 6 nitrogen and oxygen atoms in total. The van der Waals surface area contributed by atoms with Crippen molar-refractivity contribution in [3.05, 3.63) is 77.2 Å². The SMILES string of the molecule is CC1=NC(=NCc2ccccn2)C2(C)CC=C(Br)C=C2N1.c1cnccn1. The van der Waals surface area contributed by atoms with E-state index in [-0.39, 0.29) is 5.41 Å². The van der Waals surface area contributed by atoms with Gasteiger partial charge in [0.1, 0.15) is 11.7 Å². The normalized spacial score (nSPS) is 22.3. The summed E-state index contributed by atoms with van der Waals surface area (Å²) in [7, 11) is 0. The Kier molecular flexibility index (Phi) is 6.24. The minimum atomic E-state index is -0.189. The first kappa shape index (κ1) is 19.1. The van der Waals surface area contributed by atoms with E-state index in [2.05, 4.69) is 60.3 Å². The van der Waals surface area contributed by atoms with Gasteiger partial charge in [-0.25, -0.2) is 4.99 Å². The molecule has 3 heterocycles. The highest BCUT2D eigenvalue weighted by atomic mass is 79.9. The molecule has 1 unspecified atom stereocenters. The molecule has 138 valence electrons. The zero-order valence-electron chi connectivity index (χ0n) is 15.3. The topological polar surface area (TPSA) is 75.4 Å². The number of allylic oxidation sites excluding steroid dienone is 3. The molecule has 1 aliphatic carbocycles. The van der Waals surface area contributed by atoms with Gasteiger partial charge in [-0.15, -0.1) is 0 Å². The molecule has 0 saturated heterocycles. The molecule has 2 aromatic heterocycles. The van der Waals surface area contributed by atoms with Crippen LogP contribution >= 0.6 is 15.9 Å². The van der Waals surface area contributed by atoms with Crippen molar-refractivity contribution in [2.75, 3.05) is 0 Å². The van der Waals surface area contributed by atoms with E-state index in [0.717, 1.165) is 34.0 Å². The summed E-state index contributed by atoms with van der Waals surface area (Å²) >= 11 is 3.54. The monoisotopic (exact) mass is 424 g/mol. The van der Waals surface area contributed by atoms with Gasteiger partial charge in [-0.2, -0.15) is 0 Å². The number of nitrogens with one attached hydrogen (secondary N) is 1. The van der Waals surface area contributed by atoms with Gasteiger partial charge in [0, 0.05) is 41.2 Å². The van der Waals surface area contributed by atoms with Crippen molar-refractivity contribution in [2.24, 2.45) is 15.4 Å². The Labute approximate surface area is 167 Å². The van der Waals surface area contributed by atoms with Gasteiger partial charge in [-0.05, 0) is 38.5 Å². The first-order valence-electron chi connectivity index (χ1n) is 8.63. The van der Waals surface area contributed by atoms with Crippen LogP contribution in [0.3, 0.4) is 0 Å². The third-order valence-corrected chi connectivity index (χ3v) is 4.81. The molecule has 0 spiro atoms. The van der Waals surface area contributed by atoms with Crippen LogP contribution in [-0.2, 0) is 6.54 Å². The zero-order chi connectivity index (χ0) is 19.1. The molecule has 0 aromatic carbocycles. The number of aromatic nitrogens is 3. The van der Waals surface area contributed by atoms with Crippen molar-refractivity contribution >= 4 is 27.6 Å². The summed E-state index contributed by atoms with van der Waals surface area (Å²) in [6, 6.07) is 5.88. The van der Waals surface area contributed by atoms with E-state index in [9.17, 15) is 0 Å². The van der Waals surface area contributed by atoms with E-state index in [0.29, 0.717) is 6.54 Å². The van der Waals surface area contributed by atoms with Crippen molar-refractivity contribution in [3.63, 3.8) is 0 Å². The summed E-state index contributed by atoms with van der Waals surface area (Å²) in [5.41, 5.74) is 1.91. The highest BCUT2D eigenvalue weighted by Crippen LogP contribution is 2.40. The average molecular weight is 425 g/mol. The van der Waals surface area contributed by atoms with Gasteiger partial charge < -0.3 is 5.32 Å². The molecule has 0 amide bonds. The van der Waals surface area contributed by atoms with Crippen LogP contribution in [0.5, 0.6) is 0 Å². The molecular formula is C20H21BrN6. The molecule has 27 heavy (non-hydrogen) atoms. The molecule has 4 rings (SSSR count). The fourth-order valence-corrected chi connectivity index (χ4v) is 3.16. The number of pyridine rings is 1. The number of fused-ring (bicyclic) bond motifs is 1. The Morgan fingerprint density at radius 3 is 2.52 bits per heavy atom. The lowest BCUT2D eigenvalue weighted by Crippen LogP contribution is -2.43. The van der Waals surface area contributed by atoms with E-state index in [1.165, 1.54) is 0 Å². The van der Waals surface area contributed by atoms with Crippen LogP contribution in [0, 0.1) is 5.41 Å². The van der Waals surface area contributed by atoms with Gasteiger partial charge in [-0.3, -0.25) is 19.9 Å². The van der Waals surface area contributed by atoms with Crippen LogP contribution in [0.1, 0.15) is 26.0 Å². The van der Waals surface area contributed by atoms with E-state index in [4.69, 9.17) is 4.99 Å². The van der Waals surface area contributed by atoms with Crippen molar-refractivity contribution < 1.29 is 0 Å². The first-order valence-corrected chi connectivity index (χ1v) is 9.42. The largest absolute Gasteiger partial charge is 0.346 e. The Morgan fingerprint density at radius 1 is 1.15 bits per heavy atom. The summed E-state index contributed by atoms with van der Waals surface area (Å²) in [5.74, 6) is 1.74. The average Bonchev–Trinajstić information content (AvgIpc) is 2.70. The number of halogens is 1. The number of amidine groups is 2. The minimum absolute atomic E-state index is 0.189. The summed E-state index contributed by atoms with van der Waals surface area (Å²) in [6.07, 6.45) is 13.5. The van der Waals surface area contributed by atoms with Gasteiger partial charge in [0.05, 0.1) is 17.7 Å². The van der Waals surface area contributed by atoms with Crippen molar-refractivity contribution in [2.45, 2.75) is 26.8 Å². The lowest BCUT2D eigenvalue weighted by molar-refractivity contribution is 0.519. The lowest BCUT2D eigenvalue weighted by atomic mass is 9.78. The molecule has 2 aliphatic rings. The summed E-state index contributed by atoms with van der Waals surface area (Å²) in [4.78, 5) is 21.1. The van der Waals surface area contributed by atoms with Crippen molar-refractivity contribution in [1.29, 1.82) is 0 Å². The Bertz CT molecular complexity index is 862. The Hall–Kier alpha value is -2.67. The standard InChI is InChI=1S/C16H17BrN4.C4H4N2/c1-11-20-14-9-12(17)6-7-16(14,2)15(21-11)19-10-13-5-3-4-8-18-13;1-2-6-4-3-5-1/h3-6,8-9H,7,10H2,1-2H3,(H,19,20,21);1-4H. The highest BCUT2D eigenvalue weighted by Gasteiger charge is 2.39. The van der Waals surface area contributed by atoms with E-state index in [1.54, 1.807) is 31.0 Å². The maximum atomic E-state index is 4.73. The van der Waals surface area contributed by atoms with Gasteiger partial charge in [0.2, 0.25) is 0 Å². The lowest BCUT2D eigenvalue weighted by Gasteiger charge is -2.37. The Morgan fingerprint density at radius 2 is 1.89 bits per heavy atom. The number of rotatable bonds is 2. The van der Waals surface area contributed by atoms with E-state index < -0.39 is 0 Å². The fourth-order valence-electron chi connectivity index (χ4n) is 2.77. The predicted octanol–water partition coefficient (Wildman–Crippen LogP) is 4.05. The molecule has 0 saturated carbocycles. The second kappa shape index (κ2) is 8.81. The quantitative estimate of drug-likeness (QED) is 0.788. The van der Waals surface area contributed by atoms with Crippen LogP contribution in [0.25, 0.3) is 0 Å². The molecule has 1 atom stereocenters. The van der Waals surface area contributed by atoms with Crippen LogP contribution < -0.4 is 5.32 Å². The van der Waals surface area contributed by atoms with Crippen LogP contribution in [0.4, 0.5) is 0 Å². The van der Waals surface area contributed by atoms with Gasteiger partial charge in [0.25, 0.3) is 0 Å². The third kappa shape index (κ3) is 4.95. The van der Waals surface area contributed by atoms with Crippen molar-refractivity contribution in [3.8, 4) is 0 Å². The number of hydrogen-bond acceptors (Lipinski definition) is 5. The maximum Gasteiger partial charge on any atom is 0.137 e. The molecular weight excluding hydrogens is 404 g/mol. The minimum Gasteiger partial charge on any atom is -0.346 e. The molecule has 0 radical (unpaired) electrons. The highest BCUT2D eigenvalue weighted by molar-refractivity contribution is 9.11. The second-order valence-corrected chi connectivity index (χ2v) is 7.28. The van der Waals surface area contributed by atoms with Crippen molar-refractivity contribution in [1.82, 2.24) is 20.3 Å². The molecule has 2 aromatic rings. The molecule has 7 heteroatoms. The molecule has 1 N–H and O–H groups in total. The number of hydrogen-bond donors (Lipinski definition) is 1.